The summed E-state index contributed by atoms with van der Waals surface area (Å²) in [5.41, 5.74) is 8.97. The molecule has 0 aliphatic rings. The van der Waals surface area contributed by atoms with Gasteiger partial charge in [0.2, 0.25) is 5.95 Å². The maximum Gasteiger partial charge on any atom is 0.220 e. The average molecular weight is 227 g/mol. The van der Waals surface area contributed by atoms with Crippen LogP contribution in [0.4, 0.5) is 5.95 Å². The Morgan fingerprint density at radius 3 is 2.18 bits per heavy atom. The topological polar surface area (TPSA) is 51.8 Å². The Kier molecular flexibility index (Phi) is 2.84. The van der Waals surface area contributed by atoms with Crippen LogP contribution in [0.2, 0.25) is 0 Å². The quantitative estimate of drug-likeness (QED) is 0.814. The van der Waals surface area contributed by atoms with Crippen molar-refractivity contribution in [1.82, 2.24) is 9.97 Å². The minimum atomic E-state index is 0.170. The van der Waals surface area contributed by atoms with Gasteiger partial charge in [-0.1, -0.05) is 45.0 Å². The van der Waals surface area contributed by atoms with Crippen LogP contribution in [0.5, 0.6) is 0 Å². The zero-order valence-electron chi connectivity index (χ0n) is 10.4. The van der Waals surface area contributed by atoms with Gasteiger partial charge in [0.15, 0.2) is 0 Å². The molecule has 2 rings (SSSR count). The zero-order chi connectivity index (χ0) is 12.5. The predicted molar refractivity (Wildman–Crippen MR) is 70.6 cm³/mol. The summed E-state index contributed by atoms with van der Waals surface area (Å²) in [5, 5.41) is 0. The molecule has 0 saturated heterocycles. The molecule has 3 nitrogen and oxygen atoms in total. The van der Waals surface area contributed by atoms with Gasteiger partial charge in [-0.2, -0.15) is 0 Å². The van der Waals surface area contributed by atoms with Crippen LogP contribution in [0.3, 0.4) is 0 Å². The molecule has 0 atom stereocenters. The van der Waals surface area contributed by atoms with E-state index in [0.717, 1.165) is 11.3 Å². The summed E-state index contributed by atoms with van der Waals surface area (Å²) in [7, 11) is 0. The first-order chi connectivity index (χ1) is 7.97. The molecule has 1 aromatic carbocycles. The second kappa shape index (κ2) is 4.17. The van der Waals surface area contributed by atoms with E-state index < -0.39 is 0 Å². The van der Waals surface area contributed by atoms with Gasteiger partial charge in [-0.3, -0.25) is 0 Å². The molecular formula is C14H17N3. The second-order valence-corrected chi connectivity index (χ2v) is 5.13. The number of hydrogen-bond donors (Lipinski definition) is 1. The molecule has 1 aromatic heterocycles. The highest BCUT2D eigenvalue weighted by molar-refractivity contribution is 5.60. The third-order valence-electron chi connectivity index (χ3n) is 2.72. The Morgan fingerprint density at radius 1 is 1.00 bits per heavy atom. The van der Waals surface area contributed by atoms with E-state index >= 15 is 0 Å². The monoisotopic (exact) mass is 227 g/mol. The van der Waals surface area contributed by atoms with Crippen LogP contribution in [-0.2, 0) is 5.41 Å². The van der Waals surface area contributed by atoms with E-state index in [9.17, 15) is 0 Å². The molecule has 0 fully saturated rings. The normalized spacial score (nSPS) is 11.5. The smallest absolute Gasteiger partial charge is 0.220 e. The van der Waals surface area contributed by atoms with E-state index in [2.05, 4.69) is 55.0 Å². The van der Waals surface area contributed by atoms with Gasteiger partial charge in [-0.25, -0.2) is 9.97 Å². The number of benzene rings is 1. The van der Waals surface area contributed by atoms with E-state index in [4.69, 9.17) is 5.73 Å². The molecule has 3 heteroatoms. The van der Waals surface area contributed by atoms with Crippen LogP contribution in [0, 0.1) is 0 Å². The number of nitrogens with two attached hydrogens (primary N) is 1. The molecule has 0 aliphatic heterocycles. The molecule has 1 heterocycles. The summed E-state index contributed by atoms with van der Waals surface area (Å²) in [6.45, 7) is 6.60. The minimum Gasteiger partial charge on any atom is -0.368 e. The first-order valence-corrected chi connectivity index (χ1v) is 5.66. The molecule has 0 spiro atoms. The van der Waals surface area contributed by atoms with Gasteiger partial charge in [0, 0.05) is 11.8 Å². The Balaban J connectivity index is 2.36. The van der Waals surface area contributed by atoms with Crippen molar-refractivity contribution < 1.29 is 0 Å². The summed E-state index contributed by atoms with van der Waals surface area (Å²) < 4.78 is 0. The lowest BCUT2D eigenvalue weighted by Gasteiger charge is -2.19. The van der Waals surface area contributed by atoms with Crippen LogP contribution >= 0.6 is 0 Å². The first kappa shape index (κ1) is 11.6. The summed E-state index contributed by atoms with van der Waals surface area (Å²) in [6, 6.07) is 10.3. The van der Waals surface area contributed by atoms with E-state index in [-0.39, 0.29) is 5.41 Å². The summed E-state index contributed by atoms with van der Waals surface area (Å²) >= 11 is 0. The van der Waals surface area contributed by atoms with Gasteiger partial charge < -0.3 is 5.73 Å². The highest BCUT2D eigenvalue weighted by atomic mass is 15.0. The lowest BCUT2D eigenvalue weighted by atomic mass is 9.86. The van der Waals surface area contributed by atoms with Crippen molar-refractivity contribution in [2.45, 2.75) is 26.2 Å². The lowest BCUT2D eigenvalue weighted by molar-refractivity contribution is 0.590. The van der Waals surface area contributed by atoms with Crippen LogP contribution < -0.4 is 5.73 Å². The van der Waals surface area contributed by atoms with Crippen LogP contribution in [-0.4, -0.2) is 9.97 Å². The third-order valence-corrected chi connectivity index (χ3v) is 2.72. The molecule has 2 aromatic rings. The van der Waals surface area contributed by atoms with Crippen LogP contribution in [0.1, 0.15) is 26.3 Å². The van der Waals surface area contributed by atoms with Crippen molar-refractivity contribution in [3.8, 4) is 11.3 Å². The lowest BCUT2D eigenvalue weighted by Crippen LogP contribution is -2.10. The zero-order valence-corrected chi connectivity index (χ0v) is 10.4. The van der Waals surface area contributed by atoms with Gasteiger partial charge >= 0.3 is 0 Å². The van der Waals surface area contributed by atoms with Crippen LogP contribution in [0.25, 0.3) is 11.3 Å². The van der Waals surface area contributed by atoms with Gasteiger partial charge in [0.05, 0.1) is 5.69 Å². The minimum absolute atomic E-state index is 0.170. The molecule has 0 amide bonds. The fraction of sp³-hybridized carbons (Fsp3) is 0.286. The highest BCUT2D eigenvalue weighted by Gasteiger charge is 2.13. The Hall–Kier alpha value is -1.90. The first-order valence-electron chi connectivity index (χ1n) is 5.66. The number of nitrogens with zero attached hydrogens (tertiary/aromatic N) is 2. The summed E-state index contributed by atoms with van der Waals surface area (Å²) in [6.07, 6.45) is 1.68. The van der Waals surface area contributed by atoms with E-state index in [1.807, 2.05) is 6.07 Å². The van der Waals surface area contributed by atoms with Crippen molar-refractivity contribution in [1.29, 1.82) is 0 Å². The number of aromatic nitrogens is 2. The second-order valence-electron chi connectivity index (χ2n) is 5.13. The summed E-state index contributed by atoms with van der Waals surface area (Å²) in [5.74, 6) is 0.308. The van der Waals surface area contributed by atoms with Gasteiger partial charge in [-0.15, -0.1) is 0 Å². The number of nitrogen functional groups attached to an aromatic ring is 1. The van der Waals surface area contributed by atoms with Gasteiger partial charge in [-0.05, 0) is 17.0 Å². The predicted octanol–water partition coefficient (Wildman–Crippen LogP) is 3.02. The SMILES string of the molecule is CC(C)(C)c1ccc(-c2ccnc(N)n2)cc1. The van der Waals surface area contributed by atoms with Crippen molar-refractivity contribution in [3.63, 3.8) is 0 Å². The average Bonchev–Trinajstić information content (AvgIpc) is 2.28. The van der Waals surface area contributed by atoms with Crippen molar-refractivity contribution in [2.24, 2.45) is 0 Å². The molecule has 2 N–H and O–H groups in total. The fourth-order valence-electron chi connectivity index (χ4n) is 1.68. The van der Waals surface area contributed by atoms with E-state index in [1.54, 1.807) is 6.20 Å². The van der Waals surface area contributed by atoms with E-state index in [1.165, 1.54) is 5.56 Å². The Bertz CT molecular complexity index is 510. The maximum absolute atomic E-state index is 5.57. The molecule has 0 aliphatic carbocycles. The largest absolute Gasteiger partial charge is 0.368 e. The summed E-state index contributed by atoms with van der Waals surface area (Å²) in [4.78, 5) is 8.09. The Morgan fingerprint density at radius 2 is 1.65 bits per heavy atom. The van der Waals surface area contributed by atoms with Crippen LogP contribution in [0.15, 0.2) is 36.5 Å². The molecule has 0 bridgehead atoms. The molecule has 17 heavy (non-hydrogen) atoms. The third kappa shape index (κ3) is 2.61. The maximum atomic E-state index is 5.57. The van der Waals surface area contributed by atoms with E-state index in [0.29, 0.717) is 5.95 Å². The molecule has 0 radical (unpaired) electrons. The number of anilines is 1. The standard InChI is InChI=1S/C14H17N3/c1-14(2,3)11-6-4-10(5-7-11)12-8-9-16-13(15)17-12/h4-9H,1-3H3,(H2,15,16,17). The molecular weight excluding hydrogens is 210 g/mol. The van der Waals surface area contributed by atoms with Gasteiger partial charge in [0.1, 0.15) is 0 Å². The van der Waals surface area contributed by atoms with Crippen molar-refractivity contribution in [2.75, 3.05) is 5.73 Å². The molecule has 0 saturated carbocycles. The molecule has 88 valence electrons. The fourth-order valence-corrected chi connectivity index (χ4v) is 1.68. The van der Waals surface area contributed by atoms with Crippen molar-refractivity contribution in [3.05, 3.63) is 42.1 Å². The number of hydrogen-bond acceptors (Lipinski definition) is 3. The Labute approximate surface area is 102 Å². The molecule has 0 unspecified atom stereocenters. The van der Waals surface area contributed by atoms with Gasteiger partial charge in [0.25, 0.3) is 0 Å². The highest BCUT2D eigenvalue weighted by Crippen LogP contribution is 2.25. The number of rotatable bonds is 1. The van der Waals surface area contributed by atoms with Crippen molar-refractivity contribution >= 4 is 5.95 Å².